The molecule has 0 amide bonds. The topological polar surface area (TPSA) is 250 Å². The van der Waals surface area contributed by atoms with Crippen LogP contribution in [0.2, 0.25) is 0 Å². The van der Waals surface area contributed by atoms with Crippen LogP contribution in [0.3, 0.4) is 0 Å². The van der Waals surface area contributed by atoms with Crippen LogP contribution in [0.5, 0.6) is 11.5 Å². The van der Waals surface area contributed by atoms with E-state index in [2.05, 4.69) is 203 Å². The standard InChI is InChI=1S/C28H32FN5.C28H33N5O.C21H27N5O/c1-19-4-13-25(16-28(19,2)3)33-26-23(17-30)18-32-27(34-26)31-15-14-20-5-7-21(8-6-20)22-9-11-24(29)12-10-22;1-20-9-12-23(17-28(20,2)3)32-26-22(18-29)19-31-27(33-26)30-16-15-21-10-13-25(14-11-21)34-24-7-5-4-6-8-24;1-14-5-4-6-15(9-14)7-8-23-20-24-12-16(11-22)19(26-20)25-18-10-17(13-27)21(18,2)3/h5-12,18-19,25H,4,13-16H2,1-3H3,(H2,31,32,33,34);4-8,10-11,13-14,19-20,23H,9,12,15-17H2,1-3H3,(H2,30,31,32,33);4-6,9,12,17-18,27H,7-8,10,13H2,1-3H3,(H2,23,24,25,26)/t19-,25+;20-,23+;17-,18+/m001/s1. The molecular formula is C77H92FN15O2. The van der Waals surface area contributed by atoms with E-state index < -0.39 is 0 Å². The summed E-state index contributed by atoms with van der Waals surface area (Å²) < 4.78 is 19.0. The van der Waals surface area contributed by atoms with Gasteiger partial charge in [0, 0.05) is 44.4 Å². The van der Waals surface area contributed by atoms with E-state index in [1.807, 2.05) is 42.5 Å². The van der Waals surface area contributed by atoms with Gasteiger partial charge in [0.1, 0.15) is 69.7 Å². The summed E-state index contributed by atoms with van der Waals surface area (Å²) in [7, 11) is 0. The fourth-order valence-electron chi connectivity index (χ4n) is 12.6. The van der Waals surface area contributed by atoms with Crippen LogP contribution >= 0.6 is 0 Å². The maximum Gasteiger partial charge on any atom is 0.224 e. The van der Waals surface area contributed by atoms with Gasteiger partial charge in [0.25, 0.3) is 0 Å². The van der Waals surface area contributed by atoms with Gasteiger partial charge in [-0.05, 0) is 169 Å². The number of hydrogen-bond acceptors (Lipinski definition) is 17. The maximum absolute atomic E-state index is 13.1. The normalized spacial score (nSPS) is 19.5. The van der Waals surface area contributed by atoms with E-state index in [9.17, 15) is 25.3 Å². The Bertz CT molecular complexity index is 3920. The lowest BCUT2D eigenvalue weighted by molar-refractivity contribution is 0.00449. The average molecular weight is 1280 g/mol. The van der Waals surface area contributed by atoms with E-state index in [-0.39, 0.29) is 40.6 Å². The number of nitrogens with one attached hydrogen (secondary N) is 6. The first-order valence-corrected chi connectivity index (χ1v) is 33.4. The molecule has 494 valence electrons. The second kappa shape index (κ2) is 32.4. The van der Waals surface area contributed by atoms with E-state index in [1.54, 1.807) is 30.7 Å². The molecular weight excluding hydrogens is 1190 g/mol. The van der Waals surface area contributed by atoms with Crippen LogP contribution in [0.4, 0.5) is 39.7 Å². The summed E-state index contributed by atoms with van der Waals surface area (Å²) in [6.45, 7) is 22.5. The minimum Gasteiger partial charge on any atom is -0.457 e. The molecule has 3 saturated carbocycles. The van der Waals surface area contributed by atoms with Crippen molar-refractivity contribution in [3.05, 3.63) is 191 Å². The SMILES string of the molecule is C[C@H]1CC[C@@H](Nc2nc(NCCc3ccc(-c4ccc(F)cc4)cc3)ncc2C#N)CC1(C)C.C[C@H]1CC[C@@H](Nc2nc(NCCc3ccc(Oc4ccccc4)cc3)ncc2C#N)CC1(C)C.Cc1cccc(CCNc2ncc(C#N)c(N[C@H]3C[C@H](CO)C3(C)C)n2)c1. The minimum atomic E-state index is -0.230. The number of benzene rings is 5. The number of rotatable bonds is 22. The molecule has 0 unspecified atom stereocenters. The summed E-state index contributed by atoms with van der Waals surface area (Å²) in [5.41, 5.74) is 8.83. The molecule has 0 aliphatic heterocycles. The zero-order valence-corrected chi connectivity index (χ0v) is 56.5. The summed E-state index contributed by atoms with van der Waals surface area (Å²) in [5, 5.41) is 58.1. The number of anilines is 6. The molecule has 7 N–H and O–H groups in total. The molecule has 0 bridgehead atoms. The lowest BCUT2D eigenvalue weighted by Gasteiger charge is -2.52. The smallest absolute Gasteiger partial charge is 0.224 e. The fourth-order valence-corrected chi connectivity index (χ4v) is 12.6. The van der Waals surface area contributed by atoms with Gasteiger partial charge < -0.3 is 41.7 Å². The van der Waals surface area contributed by atoms with Crippen molar-refractivity contribution in [3.8, 4) is 40.8 Å². The third-order valence-electron chi connectivity index (χ3n) is 19.7. The quantitative estimate of drug-likeness (QED) is 0.0333. The van der Waals surface area contributed by atoms with E-state index in [1.165, 1.54) is 47.2 Å². The number of aromatic nitrogens is 6. The summed E-state index contributed by atoms with van der Waals surface area (Å²) in [6.07, 6.45) is 14.8. The van der Waals surface area contributed by atoms with Gasteiger partial charge in [-0.2, -0.15) is 30.7 Å². The Kier molecular flexibility index (Phi) is 23.8. The van der Waals surface area contributed by atoms with Gasteiger partial charge in [0.2, 0.25) is 17.8 Å². The number of nitriles is 3. The number of aliphatic hydroxyl groups excluding tert-OH is 1. The van der Waals surface area contributed by atoms with Gasteiger partial charge in [-0.3, -0.25) is 0 Å². The third kappa shape index (κ3) is 19.5. The number of aryl methyl sites for hydroxylation is 1. The molecule has 0 radical (unpaired) electrons. The van der Waals surface area contributed by atoms with Crippen LogP contribution in [0.25, 0.3) is 11.1 Å². The lowest BCUT2D eigenvalue weighted by atomic mass is 9.59. The summed E-state index contributed by atoms with van der Waals surface area (Å²) in [4.78, 5) is 26.6. The van der Waals surface area contributed by atoms with Crippen LogP contribution in [0, 0.1) is 80.7 Å². The fraction of sp³-hybridized carbons (Fsp3) is 0.416. The van der Waals surface area contributed by atoms with E-state index in [0.29, 0.717) is 89.0 Å². The highest BCUT2D eigenvalue weighted by Gasteiger charge is 2.48. The molecule has 8 aromatic rings. The number of aliphatic hydroxyl groups is 1. The van der Waals surface area contributed by atoms with Crippen LogP contribution in [0.15, 0.2) is 146 Å². The van der Waals surface area contributed by atoms with Crippen molar-refractivity contribution in [2.45, 2.75) is 145 Å². The van der Waals surface area contributed by atoms with E-state index in [4.69, 9.17) is 4.74 Å². The zero-order chi connectivity index (χ0) is 67.5. The highest BCUT2D eigenvalue weighted by Crippen LogP contribution is 2.48. The minimum absolute atomic E-state index is 0.0365. The number of halogens is 1. The monoisotopic (exact) mass is 1280 g/mol. The summed E-state index contributed by atoms with van der Waals surface area (Å²) in [6, 6.07) is 48.5. The van der Waals surface area contributed by atoms with Crippen LogP contribution in [-0.2, 0) is 19.3 Å². The first-order chi connectivity index (χ1) is 45.7. The number of ether oxygens (including phenoxy) is 1. The van der Waals surface area contributed by atoms with Crippen molar-refractivity contribution < 1.29 is 14.2 Å². The molecule has 3 heterocycles. The summed E-state index contributed by atoms with van der Waals surface area (Å²) in [5.74, 6) is 6.43. The Hall–Kier alpha value is -9.70. The Morgan fingerprint density at radius 2 is 0.958 bits per heavy atom. The molecule has 3 aliphatic rings. The number of nitrogens with zero attached hydrogens (tertiary/aromatic N) is 9. The highest BCUT2D eigenvalue weighted by molar-refractivity contribution is 5.64. The zero-order valence-electron chi connectivity index (χ0n) is 56.5. The van der Waals surface area contributed by atoms with Crippen molar-refractivity contribution >= 4 is 35.3 Å². The first-order valence-electron chi connectivity index (χ1n) is 33.4. The predicted molar refractivity (Wildman–Crippen MR) is 378 cm³/mol. The molecule has 95 heavy (non-hydrogen) atoms. The summed E-state index contributed by atoms with van der Waals surface area (Å²) >= 11 is 0. The van der Waals surface area contributed by atoms with Gasteiger partial charge >= 0.3 is 0 Å². The number of hydrogen-bond donors (Lipinski definition) is 7. The van der Waals surface area contributed by atoms with Crippen LogP contribution in [-0.4, -0.2) is 79.4 Å². The Balaban J connectivity index is 0.000000169. The molecule has 3 aromatic heterocycles. The van der Waals surface area contributed by atoms with Crippen molar-refractivity contribution in [3.63, 3.8) is 0 Å². The predicted octanol–water partition coefficient (Wildman–Crippen LogP) is 16.0. The second-order valence-electron chi connectivity index (χ2n) is 27.6. The van der Waals surface area contributed by atoms with Crippen molar-refractivity contribution in [1.82, 2.24) is 29.9 Å². The van der Waals surface area contributed by atoms with Crippen molar-refractivity contribution in [2.24, 2.45) is 34.0 Å². The Labute approximate surface area is 560 Å². The van der Waals surface area contributed by atoms with Gasteiger partial charge in [0.15, 0.2) is 0 Å². The number of para-hydroxylation sites is 1. The molecule has 0 saturated heterocycles. The molecule has 17 nitrogen and oxygen atoms in total. The second-order valence-corrected chi connectivity index (χ2v) is 27.6. The largest absolute Gasteiger partial charge is 0.457 e. The molecule has 11 rings (SSSR count). The lowest BCUT2D eigenvalue weighted by Crippen LogP contribution is -2.54. The van der Waals surface area contributed by atoms with Gasteiger partial charge in [-0.1, -0.05) is 152 Å². The highest BCUT2D eigenvalue weighted by atomic mass is 19.1. The third-order valence-corrected chi connectivity index (χ3v) is 19.7. The molecule has 5 aromatic carbocycles. The van der Waals surface area contributed by atoms with E-state index in [0.717, 1.165) is 80.5 Å². The van der Waals surface area contributed by atoms with Gasteiger partial charge in [0.05, 0.1) is 18.6 Å². The molecule has 6 atom stereocenters. The molecule has 18 heteroatoms. The van der Waals surface area contributed by atoms with Crippen molar-refractivity contribution in [1.29, 1.82) is 15.8 Å². The van der Waals surface area contributed by atoms with Gasteiger partial charge in [-0.25, -0.2) is 19.3 Å². The Morgan fingerprint density at radius 1 is 0.526 bits per heavy atom. The average Bonchev–Trinajstić information content (AvgIpc) is 0.772. The Morgan fingerprint density at radius 3 is 1.39 bits per heavy atom. The van der Waals surface area contributed by atoms with Crippen LogP contribution < -0.4 is 36.6 Å². The molecule has 3 aliphatic carbocycles. The van der Waals surface area contributed by atoms with Gasteiger partial charge in [-0.15, -0.1) is 0 Å². The van der Waals surface area contributed by atoms with Crippen LogP contribution in [0.1, 0.15) is 139 Å². The van der Waals surface area contributed by atoms with E-state index >= 15 is 0 Å². The van der Waals surface area contributed by atoms with Crippen molar-refractivity contribution in [2.75, 3.05) is 58.1 Å². The maximum atomic E-state index is 13.1. The molecule has 0 spiro atoms. The first kappa shape index (κ1) is 69.6. The molecule has 3 fully saturated rings.